The highest BCUT2D eigenvalue weighted by Gasteiger charge is 2.11. The molecule has 1 heterocycles. The lowest BCUT2D eigenvalue weighted by Crippen LogP contribution is -2.22. The van der Waals surface area contributed by atoms with E-state index in [1.165, 1.54) is 0 Å². The van der Waals surface area contributed by atoms with Gasteiger partial charge in [0, 0.05) is 24.8 Å². The van der Waals surface area contributed by atoms with Crippen LogP contribution in [0.5, 0.6) is 0 Å². The third kappa shape index (κ3) is 2.82. The van der Waals surface area contributed by atoms with Crippen LogP contribution >= 0.6 is 0 Å². The molecule has 1 atom stereocenters. The Kier molecular flexibility index (Phi) is 3.87. The fourth-order valence-electron chi connectivity index (χ4n) is 2.01. The number of nitrogens with one attached hydrogen (secondary N) is 2. The molecule has 0 saturated carbocycles. The van der Waals surface area contributed by atoms with Gasteiger partial charge in [-0.1, -0.05) is 13.8 Å². The summed E-state index contributed by atoms with van der Waals surface area (Å²) in [6.45, 7) is 7.21. The molecule has 0 amide bonds. The molecule has 1 unspecified atom stereocenters. The molecule has 0 aliphatic carbocycles. The lowest BCUT2D eigenvalue weighted by molar-refractivity contribution is 0.198. The molecule has 1 aromatic carbocycles. The van der Waals surface area contributed by atoms with Gasteiger partial charge in [-0.15, -0.1) is 0 Å². The minimum Gasteiger partial charge on any atom is -0.396 e. The van der Waals surface area contributed by atoms with Gasteiger partial charge in [-0.3, -0.25) is 0 Å². The zero-order valence-electron chi connectivity index (χ0n) is 11.2. The molecule has 0 fully saturated rings. The Bertz CT molecular complexity index is 519. The molecule has 0 aliphatic heterocycles. The van der Waals surface area contributed by atoms with Crippen LogP contribution < -0.4 is 5.32 Å². The lowest BCUT2D eigenvalue weighted by atomic mass is 9.97. The van der Waals surface area contributed by atoms with Gasteiger partial charge in [0.2, 0.25) is 0 Å². The molecule has 18 heavy (non-hydrogen) atoms. The number of aryl methyl sites for hydroxylation is 1. The Morgan fingerprint density at radius 1 is 1.39 bits per heavy atom. The number of anilines is 1. The van der Waals surface area contributed by atoms with E-state index in [2.05, 4.69) is 35.2 Å². The van der Waals surface area contributed by atoms with Crippen LogP contribution in [-0.2, 0) is 0 Å². The number of benzene rings is 1. The van der Waals surface area contributed by atoms with Gasteiger partial charge in [0.15, 0.2) is 0 Å². The highest BCUT2D eigenvalue weighted by Crippen LogP contribution is 2.18. The van der Waals surface area contributed by atoms with Crippen LogP contribution in [0.15, 0.2) is 18.2 Å². The van der Waals surface area contributed by atoms with Crippen molar-refractivity contribution in [3.05, 3.63) is 24.0 Å². The van der Waals surface area contributed by atoms with Gasteiger partial charge in [-0.2, -0.15) is 0 Å². The van der Waals surface area contributed by atoms with E-state index in [4.69, 9.17) is 0 Å². The molecule has 2 rings (SSSR count). The van der Waals surface area contributed by atoms with Crippen LogP contribution in [0, 0.1) is 18.8 Å². The predicted octanol–water partition coefficient (Wildman–Crippen LogP) is 2.55. The van der Waals surface area contributed by atoms with Crippen LogP contribution in [0.25, 0.3) is 11.0 Å². The Balaban J connectivity index is 2.07. The number of aliphatic hydroxyl groups excluding tert-OH is 1. The summed E-state index contributed by atoms with van der Waals surface area (Å²) in [5.41, 5.74) is 3.09. The molecule has 4 nitrogen and oxygen atoms in total. The largest absolute Gasteiger partial charge is 0.396 e. The standard InChI is InChI=1S/C14H21N3O/c1-9(2)11(8-18)7-15-12-4-5-13-14(6-12)17-10(3)16-13/h4-6,9,11,15,18H,7-8H2,1-3H3,(H,16,17). The van der Waals surface area contributed by atoms with Crippen molar-refractivity contribution in [2.75, 3.05) is 18.5 Å². The minimum atomic E-state index is 0.218. The van der Waals surface area contributed by atoms with Crippen molar-refractivity contribution in [1.29, 1.82) is 0 Å². The maximum Gasteiger partial charge on any atom is 0.104 e. The number of hydrogen-bond donors (Lipinski definition) is 3. The molecule has 0 bridgehead atoms. The molecule has 3 N–H and O–H groups in total. The van der Waals surface area contributed by atoms with Crippen molar-refractivity contribution in [3.63, 3.8) is 0 Å². The number of hydrogen-bond acceptors (Lipinski definition) is 3. The highest BCUT2D eigenvalue weighted by molar-refractivity contribution is 5.79. The first-order valence-electron chi connectivity index (χ1n) is 6.41. The number of H-pyrrole nitrogens is 1. The van der Waals surface area contributed by atoms with Crippen molar-refractivity contribution < 1.29 is 5.11 Å². The van der Waals surface area contributed by atoms with Crippen molar-refractivity contribution in [2.45, 2.75) is 20.8 Å². The van der Waals surface area contributed by atoms with E-state index in [1.807, 2.05) is 19.1 Å². The monoisotopic (exact) mass is 247 g/mol. The molecule has 98 valence electrons. The number of imidazole rings is 1. The van der Waals surface area contributed by atoms with Crippen molar-refractivity contribution >= 4 is 16.7 Å². The number of nitrogens with zero attached hydrogens (tertiary/aromatic N) is 1. The molecular formula is C14H21N3O. The highest BCUT2D eigenvalue weighted by atomic mass is 16.3. The average molecular weight is 247 g/mol. The summed E-state index contributed by atoms with van der Waals surface area (Å²) in [5.74, 6) is 1.68. The zero-order valence-corrected chi connectivity index (χ0v) is 11.2. The second kappa shape index (κ2) is 5.40. The van der Waals surface area contributed by atoms with Gasteiger partial charge in [0.1, 0.15) is 5.82 Å². The molecular weight excluding hydrogens is 226 g/mol. The van der Waals surface area contributed by atoms with Crippen LogP contribution in [0.4, 0.5) is 5.69 Å². The van der Waals surface area contributed by atoms with Crippen LogP contribution in [0.2, 0.25) is 0 Å². The van der Waals surface area contributed by atoms with E-state index in [9.17, 15) is 5.11 Å². The van der Waals surface area contributed by atoms with Crippen molar-refractivity contribution in [2.24, 2.45) is 11.8 Å². The maximum atomic E-state index is 9.29. The van der Waals surface area contributed by atoms with Gasteiger partial charge < -0.3 is 15.4 Å². The summed E-state index contributed by atoms with van der Waals surface area (Å²) in [6, 6.07) is 6.09. The number of rotatable bonds is 5. The van der Waals surface area contributed by atoms with E-state index >= 15 is 0 Å². The van der Waals surface area contributed by atoms with E-state index in [-0.39, 0.29) is 12.5 Å². The van der Waals surface area contributed by atoms with Gasteiger partial charge >= 0.3 is 0 Å². The first kappa shape index (κ1) is 12.9. The lowest BCUT2D eigenvalue weighted by Gasteiger charge is -2.19. The summed E-state index contributed by atoms with van der Waals surface area (Å²) >= 11 is 0. The van der Waals surface area contributed by atoms with Gasteiger partial charge in [0.05, 0.1) is 11.0 Å². The second-order valence-electron chi connectivity index (χ2n) is 5.12. The summed E-state index contributed by atoms with van der Waals surface area (Å²) in [4.78, 5) is 7.59. The van der Waals surface area contributed by atoms with E-state index in [0.717, 1.165) is 29.1 Å². The van der Waals surface area contributed by atoms with Crippen LogP contribution in [-0.4, -0.2) is 28.2 Å². The van der Waals surface area contributed by atoms with Crippen molar-refractivity contribution in [1.82, 2.24) is 9.97 Å². The van der Waals surface area contributed by atoms with Crippen molar-refractivity contribution in [3.8, 4) is 0 Å². The normalized spacial score (nSPS) is 13.2. The first-order valence-corrected chi connectivity index (χ1v) is 6.41. The van der Waals surface area contributed by atoms with Gasteiger partial charge in [-0.25, -0.2) is 4.98 Å². The number of aromatic amines is 1. The second-order valence-corrected chi connectivity index (χ2v) is 5.12. The molecule has 4 heteroatoms. The predicted molar refractivity (Wildman–Crippen MR) is 74.7 cm³/mol. The summed E-state index contributed by atoms with van der Waals surface area (Å²) in [6.07, 6.45) is 0. The molecule has 0 radical (unpaired) electrons. The number of aromatic nitrogens is 2. The van der Waals surface area contributed by atoms with E-state index < -0.39 is 0 Å². The Hall–Kier alpha value is -1.55. The average Bonchev–Trinajstić information content (AvgIpc) is 2.68. The molecule has 0 aliphatic rings. The summed E-state index contributed by atoms with van der Waals surface area (Å²) in [7, 11) is 0. The third-order valence-electron chi connectivity index (χ3n) is 3.35. The molecule has 0 saturated heterocycles. The fraction of sp³-hybridized carbons (Fsp3) is 0.500. The number of fused-ring (bicyclic) bond motifs is 1. The minimum absolute atomic E-state index is 0.218. The van der Waals surface area contributed by atoms with Crippen LogP contribution in [0.3, 0.4) is 0 Å². The van der Waals surface area contributed by atoms with Gasteiger partial charge in [0.25, 0.3) is 0 Å². The van der Waals surface area contributed by atoms with Gasteiger partial charge in [-0.05, 0) is 31.0 Å². The maximum absolute atomic E-state index is 9.29. The van der Waals surface area contributed by atoms with E-state index in [0.29, 0.717) is 5.92 Å². The summed E-state index contributed by atoms with van der Waals surface area (Å²) < 4.78 is 0. The SMILES string of the molecule is Cc1nc2ccc(NCC(CO)C(C)C)cc2[nH]1. The topological polar surface area (TPSA) is 60.9 Å². The first-order chi connectivity index (χ1) is 8.60. The Morgan fingerprint density at radius 2 is 2.17 bits per heavy atom. The Labute approximate surface area is 107 Å². The van der Waals surface area contributed by atoms with Crippen LogP contribution in [0.1, 0.15) is 19.7 Å². The fourth-order valence-corrected chi connectivity index (χ4v) is 2.01. The smallest absolute Gasteiger partial charge is 0.104 e. The number of aliphatic hydroxyl groups is 1. The molecule has 2 aromatic rings. The molecule has 1 aromatic heterocycles. The van der Waals surface area contributed by atoms with E-state index in [1.54, 1.807) is 0 Å². The quantitative estimate of drug-likeness (QED) is 0.761. The third-order valence-corrected chi connectivity index (χ3v) is 3.35. The molecule has 0 spiro atoms. The Morgan fingerprint density at radius 3 is 2.83 bits per heavy atom. The zero-order chi connectivity index (χ0) is 13.1. The summed E-state index contributed by atoms with van der Waals surface area (Å²) in [5, 5.41) is 12.7.